The molecule has 19 heavy (non-hydrogen) atoms. The highest BCUT2D eigenvalue weighted by Crippen LogP contribution is 2.28. The summed E-state index contributed by atoms with van der Waals surface area (Å²) in [5.74, 6) is 2.88. The van der Waals surface area contributed by atoms with Crippen LogP contribution in [0.25, 0.3) is 0 Å². The zero-order valence-electron chi connectivity index (χ0n) is 11.1. The van der Waals surface area contributed by atoms with Crippen molar-refractivity contribution < 1.29 is 4.74 Å². The molecule has 0 unspecified atom stereocenters. The average molecular weight is 320 g/mol. The highest BCUT2D eigenvalue weighted by molar-refractivity contribution is 7.99. The van der Waals surface area contributed by atoms with Crippen LogP contribution in [0, 0.1) is 0 Å². The molecule has 0 N–H and O–H groups in total. The van der Waals surface area contributed by atoms with Crippen LogP contribution in [0.15, 0.2) is 18.2 Å². The molecule has 1 aromatic carbocycles. The van der Waals surface area contributed by atoms with Gasteiger partial charge in [0.15, 0.2) is 6.23 Å². The van der Waals surface area contributed by atoms with E-state index >= 15 is 0 Å². The average Bonchev–Trinajstić information content (AvgIpc) is 2.92. The number of nitrogens with zero attached hydrogens (tertiary/aromatic N) is 1. The Bertz CT molecular complexity index is 410. The Morgan fingerprint density at radius 2 is 2.00 bits per heavy atom. The van der Waals surface area contributed by atoms with Gasteiger partial charge in [0.1, 0.15) is 5.75 Å². The predicted molar refractivity (Wildman–Crippen MR) is 84.7 cm³/mol. The molecule has 0 amide bonds. The first-order chi connectivity index (χ1) is 9.20. The summed E-state index contributed by atoms with van der Waals surface area (Å²) < 4.78 is 6.10. The standard InChI is InChI=1S/C14H19Cl2NOS/c1-2-19-10-14(17-7-3-4-8-17)18-11-5-6-12(15)13(16)9-11/h5-6,9,14H,2-4,7-8,10H2,1H3/t14-/m1/s1. The summed E-state index contributed by atoms with van der Waals surface area (Å²) in [5, 5.41) is 1.11. The van der Waals surface area contributed by atoms with Gasteiger partial charge in [-0.25, -0.2) is 0 Å². The largest absolute Gasteiger partial charge is 0.474 e. The summed E-state index contributed by atoms with van der Waals surface area (Å²) in [7, 11) is 0. The normalized spacial score (nSPS) is 17.6. The number of likely N-dealkylation sites (tertiary alicyclic amines) is 1. The lowest BCUT2D eigenvalue weighted by Crippen LogP contribution is -2.39. The van der Waals surface area contributed by atoms with Crippen molar-refractivity contribution in [3.8, 4) is 5.75 Å². The lowest BCUT2D eigenvalue weighted by atomic mass is 10.3. The maximum atomic E-state index is 6.10. The molecule has 1 saturated heterocycles. The maximum Gasteiger partial charge on any atom is 0.161 e. The second-order valence-corrected chi connectivity index (χ2v) is 6.68. The Morgan fingerprint density at radius 3 is 2.63 bits per heavy atom. The van der Waals surface area contributed by atoms with Gasteiger partial charge in [-0.3, -0.25) is 4.90 Å². The first kappa shape index (κ1) is 15.3. The molecular weight excluding hydrogens is 301 g/mol. The second kappa shape index (κ2) is 7.63. The molecule has 1 aliphatic heterocycles. The van der Waals surface area contributed by atoms with Gasteiger partial charge in [-0.2, -0.15) is 11.8 Å². The van der Waals surface area contributed by atoms with Crippen LogP contribution in [0.3, 0.4) is 0 Å². The molecule has 1 fully saturated rings. The van der Waals surface area contributed by atoms with Gasteiger partial charge in [0.2, 0.25) is 0 Å². The predicted octanol–water partition coefficient (Wildman–Crippen LogP) is 4.55. The van der Waals surface area contributed by atoms with Gasteiger partial charge in [-0.1, -0.05) is 30.1 Å². The Morgan fingerprint density at radius 1 is 1.26 bits per heavy atom. The SMILES string of the molecule is CCSC[C@@H](Oc1ccc(Cl)c(Cl)c1)N1CCCC1. The second-order valence-electron chi connectivity index (χ2n) is 4.55. The van der Waals surface area contributed by atoms with E-state index in [4.69, 9.17) is 27.9 Å². The molecule has 0 saturated carbocycles. The Hall–Kier alpha value is -0.0900. The maximum absolute atomic E-state index is 6.10. The van der Waals surface area contributed by atoms with Crippen LogP contribution in [-0.2, 0) is 0 Å². The Balaban J connectivity index is 2.03. The molecule has 0 aromatic heterocycles. The fourth-order valence-electron chi connectivity index (χ4n) is 2.17. The summed E-state index contributed by atoms with van der Waals surface area (Å²) in [6.07, 6.45) is 2.65. The summed E-state index contributed by atoms with van der Waals surface area (Å²) in [6.45, 7) is 4.41. The molecule has 1 heterocycles. The van der Waals surface area contributed by atoms with Crippen LogP contribution >= 0.6 is 35.0 Å². The zero-order valence-corrected chi connectivity index (χ0v) is 13.4. The first-order valence-corrected chi connectivity index (χ1v) is 8.55. The van der Waals surface area contributed by atoms with E-state index in [1.165, 1.54) is 12.8 Å². The topological polar surface area (TPSA) is 12.5 Å². The molecular formula is C14H19Cl2NOS. The lowest BCUT2D eigenvalue weighted by Gasteiger charge is -2.28. The number of rotatable bonds is 6. The summed E-state index contributed by atoms with van der Waals surface area (Å²) in [4.78, 5) is 2.41. The third-order valence-corrected chi connectivity index (χ3v) is 4.84. The summed E-state index contributed by atoms with van der Waals surface area (Å²) in [6, 6.07) is 5.46. The van der Waals surface area contributed by atoms with E-state index in [1.54, 1.807) is 12.1 Å². The number of thioether (sulfide) groups is 1. The van der Waals surface area contributed by atoms with Crippen molar-refractivity contribution >= 4 is 35.0 Å². The molecule has 1 aliphatic rings. The van der Waals surface area contributed by atoms with Gasteiger partial charge in [0.25, 0.3) is 0 Å². The lowest BCUT2D eigenvalue weighted by molar-refractivity contribution is 0.0633. The Labute approximate surface area is 129 Å². The van der Waals surface area contributed by atoms with Gasteiger partial charge in [-0.05, 0) is 30.7 Å². The van der Waals surface area contributed by atoms with Crippen molar-refractivity contribution in [1.82, 2.24) is 4.90 Å². The van der Waals surface area contributed by atoms with Gasteiger partial charge >= 0.3 is 0 Å². The van der Waals surface area contributed by atoms with E-state index < -0.39 is 0 Å². The van der Waals surface area contributed by atoms with Gasteiger partial charge in [0.05, 0.1) is 10.0 Å². The van der Waals surface area contributed by atoms with E-state index in [2.05, 4.69) is 11.8 Å². The van der Waals surface area contributed by atoms with Crippen LogP contribution in [0.4, 0.5) is 0 Å². The minimum atomic E-state index is 0.129. The fourth-order valence-corrected chi connectivity index (χ4v) is 3.17. The monoisotopic (exact) mass is 319 g/mol. The molecule has 1 atom stereocenters. The van der Waals surface area contributed by atoms with E-state index in [0.717, 1.165) is 30.3 Å². The van der Waals surface area contributed by atoms with Crippen molar-refractivity contribution in [3.05, 3.63) is 28.2 Å². The van der Waals surface area contributed by atoms with Gasteiger partial charge < -0.3 is 4.74 Å². The zero-order chi connectivity index (χ0) is 13.7. The van der Waals surface area contributed by atoms with E-state index in [0.29, 0.717) is 10.0 Å². The number of benzene rings is 1. The fraction of sp³-hybridized carbons (Fsp3) is 0.571. The number of hydrogen-bond acceptors (Lipinski definition) is 3. The molecule has 0 bridgehead atoms. The molecule has 1 aromatic rings. The van der Waals surface area contributed by atoms with Crippen molar-refractivity contribution in [2.75, 3.05) is 24.6 Å². The van der Waals surface area contributed by atoms with Gasteiger partial charge in [-0.15, -0.1) is 0 Å². The molecule has 0 aliphatic carbocycles. The minimum absolute atomic E-state index is 0.129. The van der Waals surface area contributed by atoms with Crippen LogP contribution in [0.5, 0.6) is 5.75 Å². The molecule has 0 spiro atoms. The quantitative estimate of drug-likeness (QED) is 0.763. The number of halogens is 2. The molecule has 106 valence electrons. The van der Waals surface area contributed by atoms with Crippen LogP contribution in [0.1, 0.15) is 19.8 Å². The molecule has 0 radical (unpaired) electrons. The van der Waals surface area contributed by atoms with E-state index in [-0.39, 0.29) is 6.23 Å². The highest BCUT2D eigenvalue weighted by Gasteiger charge is 2.23. The minimum Gasteiger partial charge on any atom is -0.474 e. The first-order valence-electron chi connectivity index (χ1n) is 6.64. The van der Waals surface area contributed by atoms with Crippen molar-refractivity contribution in [1.29, 1.82) is 0 Å². The van der Waals surface area contributed by atoms with Crippen LogP contribution in [0.2, 0.25) is 10.0 Å². The molecule has 2 nitrogen and oxygen atoms in total. The third-order valence-electron chi connectivity index (χ3n) is 3.18. The van der Waals surface area contributed by atoms with Crippen molar-refractivity contribution in [3.63, 3.8) is 0 Å². The number of hydrogen-bond donors (Lipinski definition) is 0. The van der Waals surface area contributed by atoms with Crippen LogP contribution in [-0.4, -0.2) is 35.7 Å². The van der Waals surface area contributed by atoms with Gasteiger partial charge in [0, 0.05) is 24.9 Å². The summed E-state index contributed by atoms with van der Waals surface area (Å²) >= 11 is 13.9. The Kier molecular flexibility index (Phi) is 6.14. The summed E-state index contributed by atoms with van der Waals surface area (Å²) in [5.41, 5.74) is 0. The van der Waals surface area contributed by atoms with E-state index in [1.807, 2.05) is 17.8 Å². The van der Waals surface area contributed by atoms with Crippen molar-refractivity contribution in [2.45, 2.75) is 26.0 Å². The highest BCUT2D eigenvalue weighted by atomic mass is 35.5. The van der Waals surface area contributed by atoms with E-state index in [9.17, 15) is 0 Å². The number of ether oxygens (including phenoxy) is 1. The molecule has 2 rings (SSSR count). The smallest absolute Gasteiger partial charge is 0.161 e. The van der Waals surface area contributed by atoms with Crippen molar-refractivity contribution in [2.24, 2.45) is 0 Å². The molecule has 5 heteroatoms. The third kappa shape index (κ3) is 4.45. The van der Waals surface area contributed by atoms with Crippen LogP contribution < -0.4 is 4.74 Å².